The fourth-order valence-electron chi connectivity index (χ4n) is 5.02. The van der Waals surface area contributed by atoms with Crippen LogP contribution in [0.1, 0.15) is 24.9 Å². The monoisotopic (exact) mass is 587 g/mol. The lowest BCUT2D eigenvalue weighted by Crippen LogP contribution is -2.43. The number of nitrogens with one attached hydrogen (secondary N) is 3. The van der Waals surface area contributed by atoms with Crippen molar-refractivity contribution in [1.82, 2.24) is 4.90 Å². The van der Waals surface area contributed by atoms with Gasteiger partial charge in [0.05, 0.1) is 50.0 Å². The number of rotatable bonds is 8. The molecule has 5 rings (SSSR count). The molecule has 0 spiro atoms. The Morgan fingerprint density at radius 2 is 1.67 bits per heavy atom. The van der Waals surface area contributed by atoms with E-state index in [-0.39, 0.29) is 5.91 Å². The van der Waals surface area contributed by atoms with Gasteiger partial charge in [-0.1, -0.05) is 36.0 Å². The summed E-state index contributed by atoms with van der Waals surface area (Å²) < 4.78 is 16.1. The highest BCUT2D eigenvalue weighted by Gasteiger charge is 2.37. The number of methoxy groups -OCH3 is 3. The van der Waals surface area contributed by atoms with Gasteiger partial charge in [-0.05, 0) is 55.3 Å². The number of thioether (sulfide) groups is 1. The van der Waals surface area contributed by atoms with Gasteiger partial charge in [0, 0.05) is 24.1 Å². The van der Waals surface area contributed by atoms with E-state index in [4.69, 9.17) is 19.2 Å². The highest BCUT2D eigenvalue weighted by molar-refractivity contribution is 8.13. The molecule has 1 unspecified atom stereocenters. The van der Waals surface area contributed by atoms with Gasteiger partial charge in [0.15, 0.2) is 5.17 Å². The Hall–Kier alpha value is -4.64. The summed E-state index contributed by atoms with van der Waals surface area (Å²) >= 11 is 1.68. The minimum atomic E-state index is -0.434. The van der Waals surface area contributed by atoms with E-state index < -0.39 is 12.1 Å². The molecule has 3 amide bonds. The molecule has 0 aromatic heterocycles. The second kappa shape index (κ2) is 12.9. The molecule has 2 aliphatic rings. The first-order valence-electron chi connectivity index (χ1n) is 13.4. The summed E-state index contributed by atoms with van der Waals surface area (Å²) in [6, 6.07) is 19.1. The Morgan fingerprint density at radius 1 is 0.881 bits per heavy atom. The maximum absolute atomic E-state index is 13.8. The number of amides is 3. The first kappa shape index (κ1) is 28.9. The van der Waals surface area contributed by atoms with Crippen LogP contribution in [0.2, 0.25) is 0 Å². The molecule has 3 aromatic carbocycles. The number of ether oxygens (including phenoxy) is 3. The number of nitrogens with zero attached hydrogens (tertiary/aromatic N) is 2. The van der Waals surface area contributed by atoms with E-state index in [2.05, 4.69) is 20.9 Å². The summed E-state index contributed by atoms with van der Waals surface area (Å²) in [5.74, 6) is 2.36. The fourth-order valence-corrected chi connectivity index (χ4v) is 6.04. The van der Waals surface area contributed by atoms with Crippen molar-refractivity contribution in [2.24, 2.45) is 4.99 Å². The summed E-state index contributed by atoms with van der Waals surface area (Å²) in [5.41, 5.74) is 3.70. The van der Waals surface area contributed by atoms with Gasteiger partial charge in [-0.25, -0.2) is 9.79 Å². The Bertz CT molecular complexity index is 1560. The molecule has 1 saturated heterocycles. The standard InChI is InChI=1S/C31H33N5O5S/c1-19-27(29(37)34-23-11-5-6-12-25(23)40-3)28(36-15-8-16-42-31(36)32-19)20-9-7-10-21(17-20)33-30(38)35-24-14-13-22(39-2)18-26(24)41-4/h5-7,9-14,17-18,28H,8,15-16H2,1-4H3,(H,34,37)(H2,33,35,38). The van der Waals surface area contributed by atoms with Crippen LogP contribution in [-0.4, -0.2) is 55.6 Å². The molecule has 3 N–H and O–H groups in total. The van der Waals surface area contributed by atoms with Crippen LogP contribution in [0.3, 0.4) is 0 Å². The Kier molecular flexibility index (Phi) is 8.87. The number of benzene rings is 3. The lowest BCUT2D eigenvalue weighted by Gasteiger charge is -2.41. The number of carbonyl (C=O) groups is 2. The second-order valence-corrected chi connectivity index (χ2v) is 10.7. The van der Waals surface area contributed by atoms with Gasteiger partial charge in [0.25, 0.3) is 5.91 Å². The minimum absolute atomic E-state index is 0.261. The topological polar surface area (TPSA) is 114 Å². The van der Waals surface area contributed by atoms with Crippen molar-refractivity contribution in [1.29, 1.82) is 0 Å². The number of para-hydroxylation sites is 2. The highest BCUT2D eigenvalue weighted by Crippen LogP contribution is 2.41. The van der Waals surface area contributed by atoms with Gasteiger partial charge in [0.2, 0.25) is 0 Å². The predicted molar refractivity (Wildman–Crippen MR) is 167 cm³/mol. The van der Waals surface area contributed by atoms with Crippen LogP contribution in [0.4, 0.5) is 21.9 Å². The highest BCUT2D eigenvalue weighted by atomic mass is 32.2. The zero-order valence-electron chi connectivity index (χ0n) is 23.9. The van der Waals surface area contributed by atoms with Crippen LogP contribution in [0.5, 0.6) is 17.2 Å². The van der Waals surface area contributed by atoms with Gasteiger partial charge in [-0.3, -0.25) is 4.79 Å². The SMILES string of the molecule is COc1ccc(NC(=O)Nc2cccc(C3C(C(=O)Nc4ccccc4OC)=C(C)N=C4SCCCN43)c2)c(OC)c1. The number of amidine groups is 1. The normalized spacial score (nSPS) is 16.1. The minimum Gasteiger partial charge on any atom is -0.497 e. The molecule has 2 heterocycles. The van der Waals surface area contributed by atoms with Gasteiger partial charge in [0.1, 0.15) is 17.2 Å². The summed E-state index contributed by atoms with van der Waals surface area (Å²) in [6.45, 7) is 2.62. The number of anilines is 3. The van der Waals surface area contributed by atoms with E-state index in [0.717, 1.165) is 29.4 Å². The largest absolute Gasteiger partial charge is 0.497 e. The van der Waals surface area contributed by atoms with Crippen molar-refractivity contribution in [3.8, 4) is 17.2 Å². The Labute approximate surface area is 249 Å². The molecule has 42 heavy (non-hydrogen) atoms. The number of hydrogen-bond donors (Lipinski definition) is 3. The maximum Gasteiger partial charge on any atom is 0.323 e. The molecule has 11 heteroatoms. The number of fused-ring (bicyclic) bond motifs is 1. The molecule has 0 radical (unpaired) electrons. The quantitative estimate of drug-likeness (QED) is 0.291. The molecule has 218 valence electrons. The second-order valence-electron chi connectivity index (χ2n) is 9.62. The van der Waals surface area contributed by atoms with E-state index >= 15 is 0 Å². The van der Waals surface area contributed by atoms with Crippen molar-refractivity contribution in [3.05, 3.63) is 83.6 Å². The first-order valence-corrected chi connectivity index (χ1v) is 14.4. The number of carbonyl (C=O) groups excluding carboxylic acids is 2. The predicted octanol–water partition coefficient (Wildman–Crippen LogP) is 6.12. The molecule has 10 nitrogen and oxygen atoms in total. The zero-order chi connectivity index (χ0) is 29.6. The van der Waals surface area contributed by atoms with Crippen molar-refractivity contribution >= 4 is 45.9 Å². The fraction of sp³-hybridized carbons (Fsp3) is 0.258. The van der Waals surface area contributed by atoms with E-state index in [1.54, 1.807) is 56.3 Å². The molecule has 1 atom stereocenters. The van der Waals surface area contributed by atoms with Gasteiger partial charge >= 0.3 is 6.03 Å². The lowest BCUT2D eigenvalue weighted by atomic mass is 9.93. The average Bonchev–Trinajstić information content (AvgIpc) is 3.00. The van der Waals surface area contributed by atoms with Crippen LogP contribution in [-0.2, 0) is 4.79 Å². The van der Waals surface area contributed by atoms with Gasteiger partial charge in [-0.15, -0.1) is 0 Å². The third kappa shape index (κ3) is 6.15. The Morgan fingerprint density at radius 3 is 2.45 bits per heavy atom. The summed E-state index contributed by atoms with van der Waals surface area (Å²) in [6.07, 6.45) is 0.963. The molecule has 0 saturated carbocycles. The molecule has 3 aromatic rings. The summed E-state index contributed by atoms with van der Waals surface area (Å²) in [5, 5.41) is 9.65. The van der Waals surface area contributed by atoms with Crippen molar-refractivity contribution in [3.63, 3.8) is 0 Å². The van der Waals surface area contributed by atoms with Gasteiger partial charge < -0.3 is 35.1 Å². The van der Waals surface area contributed by atoms with E-state index in [1.165, 1.54) is 7.11 Å². The number of allylic oxidation sites excluding steroid dienone is 1. The third-order valence-electron chi connectivity index (χ3n) is 6.98. The van der Waals surface area contributed by atoms with Crippen molar-refractivity contribution < 1.29 is 23.8 Å². The number of hydrogen-bond acceptors (Lipinski definition) is 8. The van der Waals surface area contributed by atoms with E-state index in [1.807, 2.05) is 43.3 Å². The number of urea groups is 1. The maximum atomic E-state index is 13.8. The molecule has 0 aliphatic carbocycles. The Balaban J connectivity index is 1.43. The molecular formula is C31H33N5O5S. The first-order chi connectivity index (χ1) is 20.4. The molecule has 0 bridgehead atoms. The average molecular weight is 588 g/mol. The molecule has 1 fully saturated rings. The van der Waals surface area contributed by atoms with Crippen molar-refractivity contribution in [2.75, 3.05) is 49.6 Å². The number of aliphatic imine (C=N–C) groups is 1. The smallest absolute Gasteiger partial charge is 0.323 e. The molecule has 2 aliphatic heterocycles. The zero-order valence-corrected chi connectivity index (χ0v) is 24.7. The van der Waals surface area contributed by atoms with Crippen LogP contribution >= 0.6 is 11.8 Å². The van der Waals surface area contributed by atoms with Crippen LogP contribution in [0.15, 0.2) is 83.0 Å². The summed E-state index contributed by atoms with van der Waals surface area (Å²) in [7, 11) is 4.66. The van der Waals surface area contributed by atoms with Crippen LogP contribution < -0.4 is 30.2 Å². The van der Waals surface area contributed by atoms with Crippen LogP contribution in [0, 0.1) is 0 Å². The van der Waals surface area contributed by atoms with Crippen LogP contribution in [0.25, 0.3) is 0 Å². The van der Waals surface area contributed by atoms with Crippen molar-refractivity contribution in [2.45, 2.75) is 19.4 Å². The van der Waals surface area contributed by atoms with E-state index in [9.17, 15) is 9.59 Å². The lowest BCUT2D eigenvalue weighted by molar-refractivity contribution is -0.113. The van der Waals surface area contributed by atoms with Gasteiger partial charge in [-0.2, -0.15) is 0 Å². The third-order valence-corrected chi connectivity index (χ3v) is 8.05. The summed E-state index contributed by atoms with van der Waals surface area (Å²) in [4.78, 5) is 33.8. The van der Waals surface area contributed by atoms with E-state index in [0.29, 0.717) is 45.6 Å². The molecular weight excluding hydrogens is 554 g/mol.